The van der Waals surface area contributed by atoms with Crippen LogP contribution in [0.2, 0.25) is 5.02 Å². The van der Waals surface area contributed by atoms with Crippen LogP contribution in [0.25, 0.3) is 11.4 Å². The van der Waals surface area contributed by atoms with Crippen molar-refractivity contribution in [1.29, 1.82) is 0 Å². The van der Waals surface area contributed by atoms with Gasteiger partial charge in [0.15, 0.2) is 5.82 Å². The molecule has 0 radical (unpaired) electrons. The Morgan fingerprint density at radius 1 is 1.30 bits per heavy atom. The second-order valence-electron chi connectivity index (χ2n) is 5.84. The van der Waals surface area contributed by atoms with Gasteiger partial charge in [-0.3, -0.25) is 0 Å². The van der Waals surface area contributed by atoms with Crippen LogP contribution < -0.4 is 10.1 Å². The lowest BCUT2D eigenvalue weighted by molar-refractivity contribution is 0.169. The molecule has 3 heterocycles. The predicted octanol–water partition coefficient (Wildman–Crippen LogP) is 2.52. The van der Waals surface area contributed by atoms with Crippen LogP contribution in [-0.4, -0.2) is 47.7 Å². The van der Waals surface area contributed by atoms with Crippen LogP contribution in [0.5, 0.6) is 11.6 Å². The van der Waals surface area contributed by atoms with E-state index in [9.17, 15) is 5.11 Å². The van der Waals surface area contributed by atoms with Crippen molar-refractivity contribution in [1.82, 2.24) is 24.7 Å². The highest BCUT2D eigenvalue weighted by Gasteiger charge is 2.13. The van der Waals surface area contributed by atoms with Gasteiger partial charge in [0.2, 0.25) is 5.88 Å². The van der Waals surface area contributed by atoms with Gasteiger partial charge in [-0.15, -0.1) is 0 Å². The molecule has 0 saturated heterocycles. The van der Waals surface area contributed by atoms with Crippen molar-refractivity contribution in [3.8, 4) is 23.0 Å². The van der Waals surface area contributed by atoms with Crippen molar-refractivity contribution in [2.24, 2.45) is 7.05 Å². The maximum Gasteiger partial charge on any atom is 0.220 e. The van der Waals surface area contributed by atoms with Crippen molar-refractivity contribution in [3.63, 3.8) is 0 Å². The molecule has 0 aliphatic rings. The van der Waals surface area contributed by atoms with E-state index in [1.54, 1.807) is 25.4 Å². The normalized spacial score (nSPS) is 12.0. The number of aromatic nitrogens is 5. The summed E-state index contributed by atoms with van der Waals surface area (Å²) >= 11 is 6.13. The minimum Gasteiger partial charge on any atom is -0.493 e. The number of rotatable bonds is 7. The number of aliphatic hydroxyl groups is 1. The van der Waals surface area contributed by atoms with Gasteiger partial charge in [0.25, 0.3) is 0 Å². The summed E-state index contributed by atoms with van der Waals surface area (Å²) in [4.78, 5) is 12.7. The summed E-state index contributed by atoms with van der Waals surface area (Å²) in [5.41, 5.74) is 0.423. The predicted molar refractivity (Wildman–Crippen MR) is 100 cm³/mol. The maximum absolute atomic E-state index is 10.0. The lowest BCUT2D eigenvalue weighted by atomic mass is 10.3. The fourth-order valence-corrected chi connectivity index (χ4v) is 2.46. The van der Waals surface area contributed by atoms with E-state index in [0.29, 0.717) is 40.2 Å². The van der Waals surface area contributed by atoms with Crippen molar-refractivity contribution in [2.45, 2.75) is 19.4 Å². The molecule has 0 bridgehead atoms. The van der Waals surface area contributed by atoms with Crippen LogP contribution in [0.1, 0.15) is 13.3 Å². The molecule has 3 N–H and O–H groups in total. The molecule has 0 spiro atoms. The number of aromatic hydroxyl groups is 1. The molecule has 1 atom stereocenters. The molecule has 9 nitrogen and oxygen atoms in total. The molecule has 0 aliphatic heterocycles. The second-order valence-corrected chi connectivity index (χ2v) is 6.24. The van der Waals surface area contributed by atoms with Crippen LogP contribution in [0.3, 0.4) is 0 Å². The van der Waals surface area contributed by atoms with Crippen molar-refractivity contribution >= 4 is 23.2 Å². The zero-order chi connectivity index (χ0) is 19.4. The minimum absolute atomic E-state index is 0.0228. The first-order valence-electron chi connectivity index (χ1n) is 8.22. The van der Waals surface area contributed by atoms with Crippen molar-refractivity contribution < 1.29 is 14.9 Å². The Balaban J connectivity index is 1.81. The van der Waals surface area contributed by atoms with E-state index >= 15 is 0 Å². The molecular weight excluding hydrogens is 372 g/mol. The van der Waals surface area contributed by atoms with E-state index in [2.05, 4.69) is 25.4 Å². The van der Waals surface area contributed by atoms with Crippen LogP contribution in [0, 0.1) is 0 Å². The van der Waals surface area contributed by atoms with Crippen LogP contribution in [0.15, 0.2) is 30.7 Å². The van der Waals surface area contributed by atoms with Gasteiger partial charge in [-0.2, -0.15) is 5.10 Å². The van der Waals surface area contributed by atoms with E-state index in [4.69, 9.17) is 21.4 Å². The SMILES string of the molecule is C[C@@H](CCO)Oc1cc(Nc2ccnc(-c3cnn(C)c3O)n2)ncc1Cl. The Morgan fingerprint density at radius 2 is 2.11 bits per heavy atom. The van der Waals surface area contributed by atoms with Gasteiger partial charge in [-0.25, -0.2) is 19.6 Å². The van der Waals surface area contributed by atoms with Crippen LogP contribution >= 0.6 is 11.6 Å². The zero-order valence-electron chi connectivity index (χ0n) is 14.8. The number of hydrogen-bond donors (Lipinski definition) is 3. The van der Waals surface area contributed by atoms with E-state index in [0.717, 1.165) is 0 Å². The highest BCUT2D eigenvalue weighted by Crippen LogP contribution is 2.29. The Hall–Kier alpha value is -2.91. The molecule has 27 heavy (non-hydrogen) atoms. The van der Waals surface area contributed by atoms with Gasteiger partial charge in [0, 0.05) is 32.3 Å². The number of anilines is 2. The largest absolute Gasteiger partial charge is 0.493 e. The topological polar surface area (TPSA) is 118 Å². The minimum atomic E-state index is -0.193. The van der Waals surface area contributed by atoms with Gasteiger partial charge < -0.3 is 20.3 Å². The van der Waals surface area contributed by atoms with E-state index in [1.807, 2.05) is 6.92 Å². The number of aliphatic hydroxyl groups excluding tert-OH is 1. The highest BCUT2D eigenvalue weighted by atomic mass is 35.5. The third-order valence-corrected chi connectivity index (χ3v) is 4.03. The average molecular weight is 391 g/mol. The molecule has 3 rings (SSSR count). The number of nitrogens with zero attached hydrogens (tertiary/aromatic N) is 5. The number of nitrogens with one attached hydrogen (secondary N) is 1. The smallest absolute Gasteiger partial charge is 0.220 e. The average Bonchev–Trinajstić information content (AvgIpc) is 2.97. The number of pyridine rings is 1. The third-order valence-electron chi connectivity index (χ3n) is 3.74. The standard InChI is InChI=1S/C17H19ClN6O3/c1-10(4-6-25)27-13-7-15(20-9-12(13)18)22-14-3-5-19-16(23-14)11-8-21-24(2)17(11)26/h3,5,7-10,25-26H,4,6H2,1-2H3,(H,19,20,22,23)/t10-/m0/s1. The fourth-order valence-electron chi connectivity index (χ4n) is 2.31. The summed E-state index contributed by atoms with van der Waals surface area (Å²) in [5.74, 6) is 1.71. The van der Waals surface area contributed by atoms with Gasteiger partial charge >= 0.3 is 0 Å². The van der Waals surface area contributed by atoms with Crippen molar-refractivity contribution in [2.75, 3.05) is 11.9 Å². The number of hydrogen-bond acceptors (Lipinski definition) is 8. The second kappa shape index (κ2) is 8.19. The molecule has 0 amide bonds. The molecule has 142 valence electrons. The van der Waals surface area contributed by atoms with Crippen LogP contribution in [0.4, 0.5) is 11.6 Å². The Labute approximate surface area is 160 Å². The summed E-state index contributed by atoms with van der Waals surface area (Å²) in [7, 11) is 1.62. The number of halogens is 1. The molecular formula is C17H19ClN6O3. The van der Waals surface area contributed by atoms with E-state index in [1.165, 1.54) is 17.1 Å². The molecule has 0 aromatic carbocycles. The van der Waals surface area contributed by atoms with Gasteiger partial charge in [0.05, 0.1) is 18.5 Å². The maximum atomic E-state index is 10.0. The number of aryl methyl sites for hydroxylation is 1. The van der Waals surface area contributed by atoms with Gasteiger partial charge in [0.1, 0.15) is 28.0 Å². The fraction of sp³-hybridized carbons (Fsp3) is 0.294. The molecule has 3 aromatic rings. The zero-order valence-corrected chi connectivity index (χ0v) is 15.6. The lowest BCUT2D eigenvalue weighted by Gasteiger charge is -2.15. The Kier molecular flexibility index (Phi) is 5.72. The van der Waals surface area contributed by atoms with Gasteiger partial charge in [-0.1, -0.05) is 11.6 Å². The molecule has 0 aliphatic carbocycles. The summed E-state index contributed by atoms with van der Waals surface area (Å²) in [6, 6.07) is 3.32. The molecule has 0 unspecified atom stereocenters. The number of ether oxygens (including phenoxy) is 1. The van der Waals surface area contributed by atoms with E-state index < -0.39 is 0 Å². The highest BCUT2D eigenvalue weighted by molar-refractivity contribution is 6.32. The Morgan fingerprint density at radius 3 is 2.81 bits per heavy atom. The first-order valence-corrected chi connectivity index (χ1v) is 8.60. The summed E-state index contributed by atoms with van der Waals surface area (Å²) in [6.07, 6.45) is 4.82. The van der Waals surface area contributed by atoms with E-state index in [-0.39, 0.29) is 18.6 Å². The quantitative estimate of drug-likeness (QED) is 0.563. The molecule has 0 saturated carbocycles. The van der Waals surface area contributed by atoms with Crippen LogP contribution in [-0.2, 0) is 7.05 Å². The first-order chi connectivity index (χ1) is 13.0. The molecule has 10 heteroatoms. The third kappa shape index (κ3) is 4.44. The lowest BCUT2D eigenvalue weighted by Crippen LogP contribution is -2.13. The first kappa shape index (κ1) is 18.9. The summed E-state index contributed by atoms with van der Waals surface area (Å²) in [6.45, 7) is 1.87. The monoisotopic (exact) mass is 390 g/mol. The summed E-state index contributed by atoms with van der Waals surface area (Å²) in [5, 5.41) is 26.4. The van der Waals surface area contributed by atoms with Crippen molar-refractivity contribution in [3.05, 3.63) is 35.7 Å². The molecule has 0 fully saturated rings. The Bertz CT molecular complexity index is 933. The molecule has 3 aromatic heterocycles. The van der Waals surface area contributed by atoms with Gasteiger partial charge in [-0.05, 0) is 13.0 Å². The summed E-state index contributed by atoms with van der Waals surface area (Å²) < 4.78 is 7.06.